The molecule has 1 saturated heterocycles. The lowest BCUT2D eigenvalue weighted by molar-refractivity contribution is -0.929. The van der Waals surface area contributed by atoms with Gasteiger partial charge in [-0.1, -0.05) is 0 Å². The molecule has 1 rings (SSSR count). The van der Waals surface area contributed by atoms with Crippen LogP contribution in [0.3, 0.4) is 0 Å². The average Bonchev–Trinajstić information content (AvgIpc) is 1.86. The van der Waals surface area contributed by atoms with Gasteiger partial charge >= 0.3 is 0 Å². The molecule has 2 atom stereocenters. The van der Waals surface area contributed by atoms with Crippen LogP contribution in [0, 0.1) is 5.92 Å². The van der Waals surface area contributed by atoms with Crippen molar-refractivity contribution in [2.45, 2.75) is 12.8 Å². The number of hydrogen-bond donors (Lipinski definition) is 2. The van der Waals surface area contributed by atoms with Crippen molar-refractivity contribution in [3.8, 4) is 0 Å². The molecule has 1 heterocycles. The number of rotatable bonds is 1. The van der Waals surface area contributed by atoms with E-state index in [-0.39, 0.29) is 0 Å². The summed E-state index contributed by atoms with van der Waals surface area (Å²) >= 11 is 0. The zero-order valence-electron chi connectivity index (χ0n) is 6.58. The molecule has 3 heteroatoms. The Morgan fingerprint density at radius 2 is 2.40 bits per heavy atom. The first-order chi connectivity index (χ1) is 4.64. The summed E-state index contributed by atoms with van der Waals surface area (Å²) in [7, 11) is 2.02. The Labute approximate surface area is 62.0 Å². The average molecular weight is 145 g/mol. The standard InChI is InChI=1S/C7H17N2O/c1-9(8)4-2-3-7(5-9)6-10/h7,10H,2-6,8H2,1H3/q+1. The summed E-state index contributed by atoms with van der Waals surface area (Å²) in [5.41, 5.74) is 0. The molecule has 3 nitrogen and oxygen atoms in total. The van der Waals surface area contributed by atoms with E-state index in [2.05, 4.69) is 0 Å². The van der Waals surface area contributed by atoms with Crippen molar-refractivity contribution < 1.29 is 9.70 Å². The number of aliphatic hydroxyl groups excluding tert-OH is 1. The third-order valence-electron chi connectivity index (χ3n) is 2.21. The monoisotopic (exact) mass is 145 g/mol. The van der Waals surface area contributed by atoms with E-state index in [4.69, 9.17) is 10.9 Å². The molecule has 2 unspecified atom stereocenters. The molecule has 0 radical (unpaired) electrons. The summed E-state index contributed by atoms with van der Waals surface area (Å²) in [5, 5.41) is 8.86. The number of nitrogens with two attached hydrogens (primary N) is 1. The molecule has 0 aromatic carbocycles. The summed E-state index contributed by atoms with van der Waals surface area (Å²) in [6.45, 7) is 2.28. The molecule has 0 spiro atoms. The van der Waals surface area contributed by atoms with Crippen LogP contribution in [0.25, 0.3) is 0 Å². The SMILES string of the molecule is C[N+]1(N)CCCC(CO)C1. The Bertz CT molecular complexity index is 114. The van der Waals surface area contributed by atoms with Crippen LogP contribution >= 0.6 is 0 Å². The molecule has 1 aliphatic rings. The van der Waals surface area contributed by atoms with Gasteiger partial charge in [-0.3, -0.25) is 4.59 Å². The minimum Gasteiger partial charge on any atom is -0.396 e. The Morgan fingerprint density at radius 3 is 2.80 bits per heavy atom. The third kappa shape index (κ3) is 1.94. The molecule has 0 saturated carbocycles. The van der Waals surface area contributed by atoms with Gasteiger partial charge in [-0.15, -0.1) is 0 Å². The van der Waals surface area contributed by atoms with Crippen LogP contribution in [0.15, 0.2) is 0 Å². The lowest BCUT2D eigenvalue weighted by atomic mass is 9.99. The van der Waals surface area contributed by atoms with Crippen molar-refractivity contribution in [2.24, 2.45) is 11.8 Å². The number of hydrogen-bond acceptors (Lipinski definition) is 2. The number of aliphatic hydroxyl groups is 1. The van der Waals surface area contributed by atoms with E-state index in [0.717, 1.165) is 25.9 Å². The van der Waals surface area contributed by atoms with Crippen LogP contribution in [0.1, 0.15) is 12.8 Å². The molecule has 0 amide bonds. The minimum absolute atomic E-state index is 0.297. The van der Waals surface area contributed by atoms with Crippen molar-refractivity contribution in [1.29, 1.82) is 0 Å². The van der Waals surface area contributed by atoms with Crippen molar-refractivity contribution in [3.05, 3.63) is 0 Å². The van der Waals surface area contributed by atoms with Gasteiger partial charge in [0, 0.05) is 5.92 Å². The number of quaternary nitrogens is 1. The Hall–Kier alpha value is -0.120. The van der Waals surface area contributed by atoms with E-state index in [0.29, 0.717) is 17.1 Å². The van der Waals surface area contributed by atoms with E-state index < -0.39 is 0 Å². The normalized spacial score (nSPS) is 41.7. The molecule has 10 heavy (non-hydrogen) atoms. The van der Waals surface area contributed by atoms with E-state index in [1.54, 1.807) is 0 Å². The summed E-state index contributed by atoms with van der Waals surface area (Å²) < 4.78 is 0.589. The molecule has 3 N–H and O–H groups in total. The Kier molecular flexibility index (Phi) is 2.28. The quantitative estimate of drug-likeness (QED) is 0.393. The van der Waals surface area contributed by atoms with Crippen molar-refractivity contribution in [2.75, 3.05) is 26.7 Å². The third-order valence-corrected chi connectivity index (χ3v) is 2.21. The van der Waals surface area contributed by atoms with Crippen LogP contribution in [-0.4, -0.2) is 36.4 Å². The first-order valence-electron chi connectivity index (χ1n) is 3.88. The van der Waals surface area contributed by atoms with Crippen molar-refractivity contribution in [1.82, 2.24) is 0 Å². The van der Waals surface area contributed by atoms with Gasteiger partial charge in [-0.05, 0) is 12.8 Å². The number of nitrogens with zero attached hydrogens (tertiary/aromatic N) is 1. The number of piperidine rings is 1. The maximum atomic E-state index is 8.86. The van der Waals surface area contributed by atoms with E-state index in [1.165, 1.54) is 0 Å². The molecule has 0 aromatic rings. The maximum absolute atomic E-state index is 8.86. The van der Waals surface area contributed by atoms with E-state index in [1.807, 2.05) is 7.05 Å². The zero-order chi connectivity index (χ0) is 7.61. The molecule has 1 fully saturated rings. The maximum Gasteiger partial charge on any atom is 0.101 e. The summed E-state index contributed by atoms with van der Waals surface area (Å²) in [5.74, 6) is 6.30. The highest BCUT2D eigenvalue weighted by Crippen LogP contribution is 2.16. The van der Waals surface area contributed by atoms with Crippen molar-refractivity contribution in [3.63, 3.8) is 0 Å². The smallest absolute Gasteiger partial charge is 0.101 e. The molecule has 0 aliphatic carbocycles. The lowest BCUT2D eigenvalue weighted by Crippen LogP contribution is -2.56. The fraction of sp³-hybridized carbons (Fsp3) is 1.00. The van der Waals surface area contributed by atoms with Crippen LogP contribution in [0.5, 0.6) is 0 Å². The lowest BCUT2D eigenvalue weighted by Gasteiger charge is -2.35. The first kappa shape index (κ1) is 7.98. The molecular formula is C7H17N2O+. The second kappa shape index (κ2) is 2.86. The van der Waals surface area contributed by atoms with Gasteiger partial charge in [0.15, 0.2) is 0 Å². The predicted molar refractivity (Wildman–Crippen MR) is 39.9 cm³/mol. The Morgan fingerprint density at radius 1 is 1.70 bits per heavy atom. The molecule has 0 aromatic heterocycles. The largest absolute Gasteiger partial charge is 0.396 e. The summed E-state index contributed by atoms with van der Waals surface area (Å²) in [4.78, 5) is 0. The molecule has 0 bridgehead atoms. The second-order valence-electron chi connectivity index (χ2n) is 3.58. The summed E-state index contributed by atoms with van der Waals surface area (Å²) in [6.07, 6.45) is 2.29. The topological polar surface area (TPSA) is 46.2 Å². The van der Waals surface area contributed by atoms with Crippen LogP contribution < -0.4 is 5.84 Å². The highest BCUT2D eigenvalue weighted by Gasteiger charge is 2.27. The van der Waals surface area contributed by atoms with Gasteiger partial charge in [-0.2, -0.15) is 5.84 Å². The summed E-state index contributed by atoms with van der Waals surface area (Å²) in [6, 6.07) is 0. The molecule has 60 valence electrons. The van der Waals surface area contributed by atoms with Gasteiger partial charge in [-0.25, -0.2) is 0 Å². The van der Waals surface area contributed by atoms with Gasteiger partial charge in [0.2, 0.25) is 0 Å². The fourth-order valence-corrected chi connectivity index (χ4v) is 1.66. The first-order valence-corrected chi connectivity index (χ1v) is 3.88. The highest BCUT2D eigenvalue weighted by molar-refractivity contribution is 4.60. The highest BCUT2D eigenvalue weighted by atomic mass is 16.3. The van der Waals surface area contributed by atoms with Gasteiger partial charge < -0.3 is 5.11 Å². The van der Waals surface area contributed by atoms with Crippen LogP contribution in [0.4, 0.5) is 0 Å². The van der Waals surface area contributed by atoms with Gasteiger partial charge in [0.25, 0.3) is 0 Å². The minimum atomic E-state index is 0.297. The van der Waals surface area contributed by atoms with Gasteiger partial charge in [0.05, 0.1) is 20.2 Å². The van der Waals surface area contributed by atoms with E-state index >= 15 is 0 Å². The van der Waals surface area contributed by atoms with Crippen LogP contribution in [0.2, 0.25) is 0 Å². The second-order valence-corrected chi connectivity index (χ2v) is 3.58. The van der Waals surface area contributed by atoms with Crippen molar-refractivity contribution >= 4 is 0 Å². The van der Waals surface area contributed by atoms with E-state index in [9.17, 15) is 0 Å². The Balaban J connectivity index is 2.40. The molecular weight excluding hydrogens is 128 g/mol. The van der Waals surface area contributed by atoms with Crippen LogP contribution in [-0.2, 0) is 0 Å². The molecule has 1 aliphatic heterocycles. The van der Waals surface area contributed by atoms with Gasteiger partial charge in [0.1, 0.15) is 6.54 Å². The fourth-order valence-electron chi connectivity index (χ4n) is 1.66. The zero-order valence-corrected chi connectivity index (χ0v) is 6.58. The predicted octanol–water partition coefficient (Wildman–Crippen LogP) is -0.291. The number of likely N-dealkylation sites (tertiary alicyclic amines) is 1.